The Balaban J connectivity index is 1.74. The third-order valence-electron chi connectivity index (χ3n) is 3.50. The molecule has 0 radical (unpaired) electrons. The van der Waals surface area contributed by atoms with E-state index in [4.69, 9.17) is 27.9 Å². The number of nitrogens with zero attached hydrogens (tertiary/aromatic N) is 2. The summed E-state index contributed by atoms with van der Waals surface area (Å²) in [6, 6.07) is 5.02. The van der Waals surface area contributed by atoms with Crippen molar-refractivity contribution < 1.29 is 9.53 Å². The van der Waals surface area contributed by atoms with Crippen LogP contribution in [0.4, 0.5) is 5.69 Å². The van der Waals surface area contributed by atoms with E-state index < -0.39 is 0 Å². The molecule has 1 amide bonds. The van der Waals surface area contributed by atoms with Crippen LogP contribution in [0.1, 0.15) is 10.4 Å². The predicted octanol–water partition coefficient (Wildman–Crippen LogP) is 4.63. The number of rotatable bonds is 4. The molecule has 0 unspecified atom stereocenters. The Kier molecular flexibility index (Phi) is 4.89. The molecule has 1 aromatic carbocycles. The highest BCUT2D eigenvalue weighted by atomic mass is 35.5. The summed E-state index contributed by atoms with van der Waals surface area (Å²) in [6.45, 7) is 3.80. The zero-order valence-electron chi connectivity index (χ0n) is 12.9. The Labute approximate surface area is 152 Å². The third-order valence-corrected chi connectivity index (χ3v) is 5.43. The van der Waals surface area contributed by atoms with Crippen LogP contribution in [0.25, 0.3) is 10.2 Å². The molecule has 0 aliphatic heterocycles. The molecule has 0 fully saturated rings. The number of aryl methyl sites for hydroxylation is 2. The summed E-state index contributed by atoms with van der Waals surface area (Å²) in [5.74, 6) is 0.0460. The van der Waals surface area contributed by atoms with Gasteiger partial charge in [0.2, 0.25) is 5.88 Å². The largest absolute Gasteiger partial charge is 0.467 e. The van der Waals surface area contributed by atoms with Crippen LogP contribution in [0.5, 0.6) is 5.88 Å². The van der Waals surface area contributed by atoms with E-state index in [0.717, 1.165) is 20.7 Å². The number of hydrogen-bond donors (Lipinski definition) is 1. The molecular formula is C16H13Cl2N3O2S. The van der Waals surface area contributed by atoms with E-state index in [9.17, 15) is 4.79 Å². The first kappa shape index (κ1) is 17.0. The zero-order valence-corrected chi connectivity index (χ0v) is 15.2. The van der Waals surface area contributed by atoms with E-state index in [1.54, 1.807) is 29.5 Å². The van der Waals surface area contributed by atoms with Gasteiger partial charge in [-0.2, -0.15) is 0 Å². The molecule has 3 rings (SSSR count). The van der Waals surface area contributed by atoms with Crippen molar-refractivity contribution in [1.82, 2.24) is 9.97 Å². The van der Waals surface area contributed by atoms with Crippen molar-refractivity contribution in [2.75, 3.05) is 11.9 Å². The molecule has 0 saturated carbocycles. The topological polar surface area (TPSA) is 64.1 Å². The summed E-state index contributed by atoms with van der Waals surface area (Å²) in [5.41, 5.74) is 1.50. The molecule has 2 aromatic heterocycles. The van der Waals surface area contributed by atoms with Gasteiger partial charge in [-0.1, -0.05) is 29.3 Å². The van der Waals surface area contributed by atoms with Gasteiger partial charge in [-0.15, -0.1) is 11.3 Å². The van der Waals surface area contributed by atoms with E-state index >= 15 is 0 Å². The maximum atomic E-state index is 12.1. The smallest absolute Gasteiger partial charge is 0.262 e. The number of anilines is 1. The summed E-state index contributed by atoms with van der Waals surface area (Å²) in [4.78, 5) is 22.5. The van der Waals surface area contributed by atoms with E-state index in [-0.39, 0.29) is 12.5 Å². The van der Waals surface area contributed by atoms with Crippen LogP contribution in [-0.4, -0.2) is 22.5 Å². The number of carbonyl (C=O) groups excluding carboxylic acids is 1. The van der Waals surface area contributed by atoms with Gasteiger partial charge in [0.05, 0.1) is 21.1 Å². The lowest BCUT2D eigenvalue weighted by atomic mass is 10.2. The number of fused-ring (bicyclic) bond motifs is 1. The van der Waals surface area contributed by atoms with Gasteiger partial charge >= 0.3 is 0 Å². The SMILES string of the molecule is Cc1sc2ncnc(OCC(=O)Nc3cccc(Cl)c3Cl)c2c1C. The second kappa shape index (κ2) is 6.93. The molecule has 24 heavy (non-hydrogen) atoms. The van der Waals surface area contributed by atoms with Gasteiger partial charge in [-0.3, -0.25) is 4.79 Å². The third kappa shape index (κ3) is 3.31. The van der Waals surface area contributed by atoms with E-state index in [2.05, 4.69) is 15.3 Å². The van der Waals surface area contributed by atoms with Crippen molar-refractivity contribution in [3.8, 4) is 5.88 Å². The van der Waals surface area contributed by atoms with Crippen molar-refractivity contribution in [3.05, 3.63) is 45.0 Å². The fourth-order valence-corrected chi connectivity index (χ4v) is 3.52. The van der Waals surface area contributed by atoms with Crippen LogP contribution in [0.3, 0.4) is 0 Å². The standard InChI is InChI=1S/C16H13Cl2N3O2S/c1-8-9(2)24-16-13(8)15(19-7-20-16)23-6-12(22)21-11-5-3-4-10(17)14(11)18/h3-5,7H,6H2,1-2H3,(H,21,22). The zero-order chi connectivity index (χ0) is 17.3. The molecule has 0 aliphatic carbocycles. The number of amides is 1. The number of benzene rings is 1. The lowest BCUT2D eigenvalue weighted by Crippen LogP contribution is -2.20. The first-order chi connectivity index (χ1) is 11.5. The van der Waals surface area contributed by atoms with Crippen molar-refractivity contribution in [2.24, 2.45) is 0 Å². The molecule has 0 bridgehead atoms. The minimum Gasteiger partial charge on any atom is -0.467 e. The molecule has 124 valence electrons. The lowest BCUT2D eigenvalue weighted by molar-refractivity contribution is -0.118. The van der Waals surface area contributed by atoms with Crippen molar-refractivity contribution in [3.63, 3.8) is 0 Å². The number of ether oxygens (including phenoxy) is 1. The summed E-state index contributed by atoms with van der Waals surface area (Å²) in [5, 5.41) is 4.17. The van der Waals surface area contributed by atoms with E-state index in [1.807, 2.05) is 13.8 Å². The fraction of sp³-hybridized carbons (Fsp3) is 0.188. The van der Waals surface area contributed by atoms with Crippen LogP contribution in [0.15, 0.2) is 24.5 Å². The molecule has 3 aromatic rings. The maximum Gasteiger partial charge on any atom is 0.262 e. The van der Waals surface area contributed by atoms with Gasteiger partial charge in [0.25, 0.3) is 5.91 Å². The average Bonchev–Trinajstić information content (AvgIpc) is 2.85. The highest BCUT2D eigenvalue weighted by Gasteiger charge is 2.15. The van der Waals surface area contributed by atoms with Gasteiger partial charge < -0.3 is 10.1 Å². The summed E-state index contributed by atoms with van der Waals surface area (Å²) < 4.78 is 5.58. The van der Waals surface area contributed by atoms with Crippen molar-refractivity contribution in [1.29, 1.82) is 0 Å². The van der Waals surface area contributed by atoms with Crippen LogP contribution < -0.4 is 10.1 Å². The monoisotopic (exact) mass is 381 g/mol. The first-order valence-electron chi connectivity index (χ1n) is 7.04. The molecule has 0 spiro atoms. The molecular weight excluding hydrogens is 369 g/mol. The lowest BCUT2D eigenvalue weighted by Gasteiger charge is -2.09. The molecule has 2 heterocycles. The Morgan fingerprint density at radius 2 is 2.08 bits per heavy atom. The number of thiophene rings is 1. The van der Waals surface area contributed by atoms with Crippen molar-refractivity contribution in [2.45, 2.75) is 13.8 Å². The number of aromatic nitrogens is 2. The second-order valence-corrected chi connectivity index (χ2v) is 7.07. The Bertz CT molecular complexity index is 927. The number of halogens is 2. The number of carbonyl (C=O) groups is 1. The summed E-state index contributed by atoms with van der Waals surface area (Å²) in [7, 11) is 0. The molecule has 1 N–H and O–H groups in total. The van der Waals surface area contributed by atoms with Crippen LogP contribution in [-0.2, 0) is 4.79 Å². The van der Waals surface area contributed by atoms with Gasteiger partial charge in [0, 0.05) is 4.88 Å². The number of nitrogens with one attached hydrogen (secondary N) is 1. The highest BCUT2D eigenvalue weighted by molar-refractivity contribution is 7.18. The Morgan fingerprint density at radius 1 is 1.29 bits per heavy atom. The molecule has 0 aliphatic rings. The quantitative estimate of drug-likeness (QED) is 0.715. The van der Waals surface area contributed by atoms with Crippen LogP contribution in [0, 0.1) is 13.8 Å². The minimum atomic E-state index is -0.351. The van der Waals surface area contributed by atoms with Crippen molar-refractivity contribution >= 4 is 56.3 Å². The van der Waals surface area contributed by atoms with Crippen LogP contribution in [0.2, 0.25) is 10.0 Å². The average molecular weight is 382 g/mol. The minimum absolute atomic E-state index is 0.191. The normalized spacial score (nSPS) is 10.8. The Hall–Kier alpha value is -1.89. The van der Waals surface area contributed by atoms with Gasteiger partial charge in [0.15, 0.2) is 6.61 Å². The predicted molar refractivity (Wildman–Crippen MR) is 97.5 cm³/mol. The number of hydrogen-bond acceptors (Lipinski definition) is 5. The maximum absolute atomic E-state index is 12.1. The Morgan fingerprint density at radius 3 is 2.88 bits per heavy atom. The van der Waals surface area contributed by atoms with Crippen LogP contribution >= 0.6 is 34.5 Å². The van der Waals surface area contributed by atoms with Gasteiger partial charge in [-0.25, -0.2) is 9.97 Å². The fourth-order valence-electron chi connectivity index (χ4n) is 2.18. The molecule has 0 saturated heterocycles. The summed E-state index contributed by atoms with van der Waals surface area (Å²) >= 11 is 13.5. The van der Waals surface area contributed by atoms with Gasteiger partial charge in [0.1, 0.15) is 11.2 Å². The van der Waals surface area contributed by atoms with E-state index in [0.29, 0.717) is 21.6 Å². The van der Waals surface area contributed by atoms with Gasteiger partial charge in [-0.05, 0) is 31.5 Å². The molecule has 8 heteroatoms. The molecule has 0 atom stereocenters. The highest BCUT2D eigenvalue weighted by Crippen LogP contribution is 2.33. The second-order valence-electron chi connectivity index (χ2n) is 5.08. The summed E-state index contributed by atoms with van der Waals surface area (Å²) in [6.07, 6.45) is 1.43. The first-order valence-corrected chi connectivity index (χ1v) is 8.62. The van der Waals surface area contributed by atoms with E-state index in [1.165, 1.54) is 6.33 Å². The molecule has 5 nitrogen and oxygen atoms in total.